The Labute approximate surface area is 234 Å². The summed E-state index contributed by atoms with van der Waals surface area (Å²) in [6.07, 6.45) is 4.40. The van der Waals surface area contributed by atoms with E-state index in [9.17, 15) is 14.4 Å². The summed E-state index contributed by atoms with van der Waals surface area (Å²) < 4.78 is 16.7. The second-order valence-electron chi connectivity index (χ2n) is 10.00. The lowest BCUT2D eigenvalue weighted by Crippen LogP contribution is -2.30. The second kappa shape index (κ2) is 11.7. The van der Waals surface area contributed by atoms with E-state index in [0.717, 1.165) is 36.8 Å². The van der Waals surface area contributed by atoms with E-state index in [2.05, 4.69) is 11.8 Å². The Bertz CT molecular complexity index is 1530. The van der Waals surface area contributed by atoms with Gasteiger partial charge in [-0.05, 0) is 74.1 Å². The molecule has 7 heteroatoms. The molecule has 3 aromatic carbocycles. The average molecular weight is 538 g/mol. The molecule has 1 atom stereocenters. The summed E-state index contributed by atoms with van der Waals surface area (Å²) in [5.74, 6) is 5.90. The van der Waals surface area contributed by atoms with Crippen molar-refractivity contribution in [3.05, 3.63) is 88.5 Å². The first-order valence-electron chi connectivity index (χ1n) is 13.4. The lowest BCUT2D eigenvalue weighted by atomic mass is 9.95. The van der Waals surface area contributed by atoms with Gasteiger partial charge in [-0.3, -0.25) is 14.4 Å². The summed E-state index contributed by atoms with van der Waals surface area (Å²) >= 11 is 0. The molecule has 1 fully saturated rings. The van der Waals surface area contributed by atoms with Crippen LogP contribution in [0.15, 0.2) is 60.7 Å². The van der Waals surface area contributed by atoms with Crippen molar-refractivity contribution in [2.24, 2.45) is 0 Å². The molecule has 0 bridgehead atoms. The first kappa shape index (κ1) is 27.0. The number of ether oxygens (including phenoxy) is 3. The van der Waals surface area contributed by atoms with E-state index in [1.54, 1.807) is 43.5 Å². The summed E-state index contributed by atoms with van der Waals surface area (Å²) in [4.78, 5) is 40.1. The predicted octanol–water partition coefficient (Wildman–Crippen LogP) is 5.82. The topological polar surface area (TPSA) is 82.1 Å². The molecular weight excluding hydrogens is 506 g/mol. The number of benzene rings is 3. The number of carbonyl (C=O) groups is 3. The first-order chi connectivity index (χ1) is 19.4. The molecular formula is C33H31NO6. The van der Waals surface area contributed by atoms with Crippen molar-refractivity contribution in [1.82, 2.24) is 0 Å². The molecule has 0 saturated heterocycles. The van der Waals surface area contributed by atoms with Gasteiger partial charge in [0.1, 0.15) is 0 Å². The lowest BCUT2D eigenvalue weighted by Gasteiger charge is -2.18. The van der Waals surface area contributed by atoms with E-state index < -0.39 is 11.9 Å². The van der Waals surface area contributed by atoms with Gasteiger partial charge >= 0.3 is 5.97 Å². The van der Waals surface area contributed by atoms with Crippen LogP contribution in [-0.4, -0.2) is 38.1 Å². The Kier molecular flexibility index (Phi) is 7.88. The third-order valence-corrected chi connectivity index (χ3v) is 7.43. The van der Waals surface area contributed by atoms with E-state index >= 15 is 0 Å². The van der Waals surface area contributed by atoms with Gasteiger partial charge < -0.3 is 14.2 Å². The van der Waals surface area contributed by atoms with Gasteiger partial charge in [-0.2, -0.15) is 0 Å². The fourth-order valence-electron chi connectivity index (χ4n) is 5.30. The van der Waals surface area contributed by atoms with Crippen molar-refractivity contribution < 1.29 is 28.6 Å². The zero-order valence-corrected chi connectivity index (χ0v) is 22.9. The third kappa shape index (κ3) is 5.30. The molecule has 1 aliphatic heterocycles. The number of anilines is 1. The van der Waals surface area contributed by atoms with Crippen LogP contribution >= 0.6 is 0 Å². The van der Waals surface area contributed by atoms with Crippen LogP contribution in [0.3, 0.4) is 0 Å². The van der Waals surface area contributed by atoms with Crippen molar-refractivity contribution in [1.29, 1.82) is 0 Å². The van der Waals surface area contributed by atoms with Crippen LogP contribution < -0.4 is 14.4 Å². The molecule has 2 amide bonds. The quantitative estimate of drug-likeness (QED) is 0.215. The number of hydrogen-bond acceptors (Lipinski definition) is 6. The van der Waals surface area contributed by atoms with Gasteiger partial charge in [-0.25, -0.2) is 4.90 Å². The number of nitrogens with zero attached hydrogens (tertiary/aromatic N) is 1. The molecule has 2 aliphatic rings. The molecule has 0 unspecified atom stereocenters. The first-order valence-corrected chi connectivity index (χ1v) is 13.4. The largest absolute Gasteiger partial charge is 0.493 e. The lowest BCUT2D eigenvalue weighted by molar-refractivity contribution is -0.140. The zero-order chi connectivity index (χ0) is 28.2. The van der Waals surface area contributed by atoms with Crippen molar-refractivity contribution in [3.63, 3.8) is 0 Å². The van der Waals surface area contributed by atoms with Crippen LogP contribution in [0.25, 0.3) is 0 Å². The van der Waals surface area contributed by atoms with Gasteiger partial charge in [0, 0.05) is 5.56 Å². The molecule has 0 N–H and O–H groups in total. The molecule has 0 aromatic heterocycles. The molecule has 1 heterocycles. The number of aryl methyl sites for hydroxylation is 1. The molecule has 3 aromatic rings. The Balaban J connectivity index is 1.51. The number of amides is 2. The summed E-state index contributed by atoms with van der Waals surface area (Å²) in [7, 11) is 2.94. The molecule has 5 rings (SSSR count). The fraction of sp³-hybridized carbons (Fsp3) is 0.303. The minimum Gasteiger partial charge on any atom is -0.493 e. The molecule has 40 heavy (non-hydrogen) atoms. The van der Waals surface area contributed by atoms with Crippen LogP contribution in [0.5, 0.6) is 11.5 Å². The van der Waals surface area contributed by atoms with Crippen LogP contribution in [-0.2, 0) is 9.53 Å². The highest BCUT2D eigenvalue weighted by Gasteiger charge is 2.38. The molecule has 1 aliphatic carbocycles. The smallest absolute Gasteiger partial charge is 0.307 e. The molecule has 0 spiro atoms. The normalized spacial score (nSPS) is 15.3. The van der Waals surface area contributed by atoms with Crippen molar-refractivity contribution in [3.8, 4) is 23.3 Å². The third-order valence-electron chi connectivity index (χ3n) is 7.43. The predicted molar refractivity (Wildman–Crippen MR) is 151 cm³/mol. The number of fused-ring (bicyclic) bond motifs is 1. The Morgan fingerprint density at radius 1 is 0.975 bits per heavy atom. The van der Waals surface area contributed by atoms with Crippen LogP contribution in [0.4, 0.5) is 5.69 Å². The standard InChI is InChI=1S/C33H31NO6/c1-21-9-8-13-26-31(21)33(37)34(32(26)36)27-14-7-4-10-22(27)15-16-24(20-30(35)39-3)23-17-18-28(38-2)29(19-23)40-25-11-5-6-12-25/h4,7-10,13-14,17-19,24-25H,5-6,11-12,20H2,1-3H3/t24-/m0/s1. The summed E-state index contributed by atoms with van der Waals surface area (Å²) in [5.41, 5.74) is 3.21. The van der Waals surface area contributed by atoms with Crippen molar-refractivity contribution in [2.45, 2.75) is 51.0 Å². The summed E-state index contributed by atoms with van der Waals surface area (Å²) in [6, 6.07) is 17.8. The Morgan fingerprint density at radius 2 is 1.75 bits per heavy atom. The number of esters is 1. The number of methoxy groups -OCH3 is 2. The van der Waals surface area contributed by atoms with Gasteiger partial charge in [-0.1, -0.05) is 42.2 Å². The Morgan fingerprint density at radius 3 is 2.48 bits per heavy atom. The molecule has 204 valence electrons. The molecule has 1 saturated carbocycles. The maximum atomic E-state index is 13.3. The van der Waals surface area contributed by atoms with Gasteiger partial charge in [0.15, 0.2) is 11.5 Å². The zero-order valence-electron chi connectivity index (χ0n) is 22.9. The summed E-state index contributed by atoms with van der Waals surface area (Å²) in [6.45, 7) is 1.82. The van der Waals surface area contributed by atoms with Crippen LogP contribution in [0, 0.1) is 18.8 Å². The maximum absolute atomic E-state index is 13.3. The van der Waals surface area contributed by atoms with Crippen molar-refractivity contribution >= 4 is 23.5 Å². The van der Waals surface area contributed by atoms with E-state index in [1.807, 2.05) is 31.2 Å². The Hall–Kier alpha value is -4.57. The SMILES string of the molecule is COC(=O)C[C@H](C#Cc1ccccc1N1C(=O)c2cccc(C)c2C1=O)c1ccc(OC)c(OC2CCCC2)c1. The van der Waals surface area contributed by atoms with Gasteiger partial charge in [-0.15, -0.1) is 0 Å². The number of imide groups is 1. The van der Waals surface area contributed by atoms with Gasteiger partial charge in [0.2, 0.25) is 0 Å². The molecule has 7 nitrogen and oxygen atoms in total. The number of rotatable bonds is 7. The second-order valence-corrected chi connectivity index (χ2v) is 10.00. The van der Waals surface area contributed by atoms with E-state index in [4.69, 9.17) is 14.2 Å². The minimum atomic E-state index is -0.526. The highest BCUT2D eigenvalue weighted by molar-refractivity contribution is 6.35. The highest BCUT2D eigenvalue weighted by Crippen LogP contribution is 2.36. The van der Waals surface area contributed by atoms with Crippen LogP contribution in [0.1, 0.15) is 75.4 Å². The number of carbonyl (C=O) groups excluding carboxylic acids is 3. The number of para-hydroxylation sites is 1. The summed E-state index contributed by atoms with van der Waals surface area (Å²) in [5, 5.41) is 0. The number of hydrogen-bond donors (Lipinski definition) is 0. The highest BCUT2D eigenvalue weighted by atomic mass is 16.5. The van der Waals surface area contributed by atoms with Gasteiger partial charge in [0.25, 0.3) is 11.8 Å². The average Bonchev–Trinajstić information content (AvgIpc) is 3.57. The molecule has 0 radical (unpaired) electrons. The monoisotopic (exact) mass is 537 g/mol. The fourth-order valence-corrected chi connectivity index (χ4v) is 5.30. The van der Waals surface area contributed by atoms with E-state index in [1.165, 1.54) is 12.0 Å². The van der Waals surface area contributed by atoms with E-state index in [-0.39, 0.29) is 24.3 Å². The van der Waals surface area contributed by atoms with Crippen molar-refractivity contribution in [2.75, 3.05) is 19.1 Å². The van der Waals surface area contributed by atoms with Gasteiger partial charge in [0.05, 0.1) is 49.5 Å². The maximum Gasteiger partial charge on any atom is 0.307 e. The minimum absolute atomic E-state index is 0.0209. The van der Waals surface area contributed by atoms with Crippen LogP contribution in [0.2, 0.25) is 0 Å². The van der Waals surface area contributed by atoms with E-state index in [0.29, 0.717) is 33.9 Å².